The van der Waals surface area contributed by atoms with Crippen LogP contribution in [0.2, 0.25) is 5.02 Å². The number of phenolic OH excluding ortho intramolecular Hbond substituents is 2. The van der Waals surface area contributed by atoms with E-state index >= 15 is 0 Å². The molecule has 3 nitrogen and oxygen atoms in total. The minimum Gasteiger partial charge on any atom is -0.504 e. The number of likely N-dealkylation sites (N-methyl/N-ethyl adjacent to an activating group) is 1. The lowest BCUT2D eigenvalue weighted by Gasteiger charge is -2.08. The maximum absolute atomic E-state index is 13.3. The summed E-state index contributed by atoms with van der Waals surface area (Å²) in [6.07, 6.45) is 0.266. The van der Waals surface area contributed by atoms with Crippen molar-refractivity contribution < 1.29 is 14.6 Å². The fourth-order valence-corrected chi connectivity index (χ4v) is 1.35. The quantitative estimate of drug-likeness (QED) is 0.678. The number of nitrogens with one attached hydrogen (secondary N) is 1. The Hall–Kier alpha value is -1.00. The Balaban J connectivity index is 3.11. The van der Waals surface area contributed by atoms with Gasteiger partial charge in [0.1, 0.15) is 5.82 Å². The van der Waals surface area contributed by atoms with Gasteiger partial charge in [-0.1, -0.05) is 11.6 Å². The second-order valence-corrected chi connectivity index (χ2v) is 3.28. The van der Waals surface area contributed by atoms with Crippen LogP contribution in [0.15, 0.2) is 6.07 Å². The van der Waals surface area contributed by atoms with Crippen molar-refractivity contribution in [3.05, 3.63) is 22.5 Å². The van der Waals surface area contributed by atoms with E-state index in [2.05, 4.69) is 5.32 Å². The molecule has 0 bridgehead atoms. The molecule has 0 atom stereocenters. The molecule has 0 radical (unpaired) electrons. The molecule has 14 heavy (non-hydrogen) atoms. The van der Waals surface area contributed by atoms with Crippen LogP contribution in [0.5, 0.6) is 11.5 Å². The van der Waals surface area contributed by atoms with E-state index < -0.39 is 17.3 Å². The first-order chi connectivity index (χ1) is 6.57. The van der Waals surface area contributed by atoms with Crippen molar-refractivity contribution >= 4 is 11.6 Å². The van der Waals surface area contributed by atoms with Crippen molar-refractivity contribution in [3.63, 3.8) is 0 Å². The van der Waals surface area contributed by atoms with Crippen molar-refractivity contribution in [2.75, 3.05) is 13.6 Å². The van der Waals surface area contributed by atoms with Crippen LogP contribution in [-0.2, 0) is 6.42 Å². The molecular weight excluding hydrogens is 209 g/mol. The third-order valence-corrected chi connectivity index (χ3v) is 2.17. The van der Waals surface area contributed by atoms with Gasteiger partial charge in [0.2, 0.25) is 0 Å². The van der Waals surface area contributed by atoms with Crippen molar-refractivity contribution in [2.45, 2.75) is 6.42 Å². The summed E-state index contributed by atoms with van der Waals surface area (Å²) >= 11 is 5.50. The molecule has 0 fully saturated rings. The van der Waals surface area contributed by atoms with E-state index in [0.717, 1.165) is 6.07 Å². The normalized spacial score (nSPS) is 10.5. The summed E-state index contributed by atoms with van der Waals surface area (Å²) in [5.41, 5.74) is 0.0318. The van der Waals surface area contributed by atoms with Gasteiger partial charge in [0, 0.05) is 11.6 Å². The molecule has 0 heterocycles. The molecule has 5 heteroatoms. The Morgan fingerprint density at radius 1 is 1.50 bits per heavy atom. The third kappa shape index (κ3) is 2.08. The Morgan fingerprint density at radius 2 is 2.14 bits per heavy atom. The zero-order valence-corrected chi connectivity index (χ0v) is 8.40. The van der Waals surface area contributed by atoms with Crippen LogP contribution in [0.1, 0.15) is 5.56 Å². The van der Waals surface area contributed by atoms with Crippen LogP contribution in [0.3, 0.4) is 0 Å². The largest absolute Gasteiger partial charge is 0.504 e. The van der Waals surface area contributed by atoms with Crippen LogP contribution in [0.25, 0.3) is 0 Å². The van der Waals surface area contributed by atoms with E-state index in [1.54, 1.807) is 7.05 Å². The summed E-state index contributed by atoms with van der Waals surface area (Å²) in [5, 5.41) is 21.2. The Morgan fingerprint density at radius 3 is 2.71 bits per heavy atom. The van der Waals surface area contributed by atoms with E-state index in [-0.39, 0.29) is 17.0 Å². The van der Waals surface area contributed by atoms with E-state index in [4.69, 9.17) is 11.6 Å². The van der Waals surface area contributed by atoms with Gasteiger partial charge in [-0.05, 0) is 20.0 Å². The number of benzene rings is 1. The standard InChI is InChI=1S/C9H11ClFNO2/c1-12-3-2-5-8(11)6(10)4-7(13)9(5)14/h4,12-14H,2-3H2,1H3. The molecule has 3 N–H and O–H groups in total. The fourth-order valence-electron chi connectivity index (χ4n) is 1.13. The van der Waals surface area contributed by atoms with Crippen LogP contribution in [-0.4, -0.2) is 23.8 Å². The maximum atomic E-state index is 13.3. The van der Waals surface area contributed by atoms with Gasteiger partial charge in [0.15, 0.2) is 11.5 Å². The van der Waals surface area contributed by atoms with Gasteiger partial charge in [-0.15, -0.1) is 0 Å². The van der Waals surface area contributed by atoms with Crippen molar-refractivity contribution in [2.24, 2.45) is 0 Å². The molecule has 0 amide bonds. The summed E-state index contributed by atoms with van der Waals surface area (Å²) in [6.45, 7) is 0.490. The average molecular weight is 220 g/mol. The average Bonchev–Trinajstić information content (AvgIpc) is 2.15. The first kappa shape index (κ1) is 11.1. The molecule has 1 aromatic rings. The lowest BCUT2D eigenvalue weighted by atomic mass is 10.1. The smallest absolute Gasteiger partial charge is 0.163 e. The van der Waals surface area contributed by atoms with Crippen LogP contribution in [0, 0.1) is 5.82 Å². The highest BCUT2D eigenvalue weighted by Crippen LogP contribution is 2.35. The molecule has 0 aliphatic rings. The molecule has 1 aromatic carbocycles. The van der Waals surface area contributed by atoms with Gasteiger partial charge in [0.05, 0.1) is 5.02 Å². The third-order valence-electron chi connectivity index (χ3n) is 1.89. The molecule has 0 aliphatic heterocycles. The van der Waals surface area contributed by atoms with Gasteiger partial charge in [-0.2, -0.15) is 0 Å². The van der Waals surface area contributed by atoms with Crippen LogP contribution in [0.4, 0.5) is 4.39 Å². The molecule has 0 unspecified atom stereocenters. The predicted molar refractivity (Wildman–Crippen MR) is 52.4 cm³/mol. The van der Waals surface area contributed by atoms with Crippen LogP contribution >= 0.6 is 11.6 Å². The first-order valence-electron chi connectivity index (χ1n) is 4.11. The highest BCUT2D eigenvalue weighted by molar-refractivity contribution is 6.31. The molecule has 0 saturated carbocycles. The first-order valence-corrected chi connectivity index (χ1v) is 4.49. The SMILES string of the molecule is CNCCc1c(O)c(O)cc(Cl)c1F. The zero-order valence-electron chi connectivity index (χ0n) is 7.64. The maximum Gasteiger partial charge on any atom is 0.163 e. The minimum absolute atomic E-state index is 0.0318. The van der Waals surface area contributed by atoms with E-state index in [0.29, 0.717) is 6.54 Å². The number of rotatable bonds is 3. The Kier molecular flexibility index (Phi) is 3.55. The van der Waals surface area contributed by atoms with Gasteiger partial charge in [-0.3, -0.25) is 0 Å². The van der Waals surface area contributed by atoms with Crippen molar-refractivity contribution in [1.29, 1.82) is 0 Å². The number of hydrogen-bond donors (Lipinski definition) is 3. The summed E-state index contributed by atoms with van der Waals surface area (Å²) in [7, 11) is 1.71. The summed E-state index contributed by atoms with van der Waals surface area (Å²) in [5.74, 6) is -1.53. The van der Waals surface area contributed by atoms with Gasteiger partial charge in [-0.25, -0.2) is 4.39 Å². The minimum atomic E-state index is -0.683. The summed E-state index contributed by atoms with van der Waals surface area (Å²) < 4.78 is 13.3. The number of halogens is 2. The Labute approximate surface area is 86.1 Å². The van der Waals surface area contributed by atoms with Crippen LogP contribution < -0.4 is 5.32 Å². The highest BCUT2D eigenvalue weighted by Gasteiger charge is 2.15. The van der Waals surface area contributed by atoms with Gasteiger partial charge < -0.3 is 15.5 Å². The fraction of sp³-hybridized carbons (Fsp3) is 0.333. The van der Waals surface area contributed by atoms with Gasteiger partial charge >= 0.3 is 0 Å². The summed E-state index contributed by atoms with van der Waals surface area (Å²) in [6, 6.07) is 0.981. The van der Waals surface area contributed by atoms with Crippen molar-refractivity contribution in [1.82, 2.24) is 5.32 Å². The van der Waals surface area contributed by atoms with E-state index in [1.807, 2.05) is 0 Å². The second kappa shape index (κ2) is 4.48. The molecule has 0 aromatic heterocycles. The summed E-state index contributed by atoms with van der Waals surface area (Å²) in [4.78, 5) is 0. The number of hydrogen-bond acceptors (Lipinski definition) is 3. The lowest BCUT2D eigenvalue weighted by Crippen LogP contribution is -2.11. The lowest BCUT2D eigenvalue weighted by molar-refractivity contribution is 0.393. The molecule has 78 valence electrons. The number of phenols is 2. The van der Waals surface area contributed by atoms with Gasteiger partial charge in [0.25, 0.3) is 0 Å². The van der Waals surface area contributed by atoms with Crippen molar-refractivity contribution in [3.8, 4) is 11.5 Å². The monoisotopic (exact) mass is 219 g/mol. The van der Waals surface area contributed by atoms with E-state index in [1.165, 1.54) is 0 Å². The molecule has 0 saturated heterocycles. The molecular formula is C9H11ClFNO2. The zero-order chi connectivity index (χ0) is 10.7. The molecule has 0 spiro atoms. The van der Waals surface area contributed by atoms with E-state index in [9.17, 15) is 14.6 Å². The molecule has 1 rings (SSSR count). The highest BCUT2D eigenvalue weighted by atomic mass is 35.5. The predicted octanol–water partition coefficient (Wildman–Crippen LogP) is 1.65. The second-order valence-electron chi connectivity index (χ2n) is 2.87. The molecule has 0 aliphatic carbocycles. The topological polar surface area (TPSA) is 52.5 Å². The Bertz CT molecular complexity index is 318. The number of aromatic hydroxyl groups is 2.